The van der Waals surface area contributed by atoms with Crippen LogP contribution in [0.1, 0.15) is 24.0 Å². The molecule has 0 bridgehead atoms. The number of hydrogen-bond acceptors (Lipinski definition) is 4. The second-order valence-corrected chi connectivity index (χ2v) is 6.44. The quantitative estimate of drug-likeness (QED) is 0.598. The molecule has 0 saturated carbocycles. The Kier molecular flexibility index (Phi) is 9.01. The van der Waals surface area contributed by atoms with E-state index in [0.717, 1.165) is 11.1 Å². The van der Waals surface area contributed by atoms with E-state index in [-0.39, 0.29) is 37.0 Å². The summed E-state index contributed by atoms with van der Waals surface area (Å²) in [7, 11) is 0. The number of amides is 2. The van der Waals surface area contributed by atoms with Crippen molar-refractivity contribution >= 4 is 29.4 Å². The molecule has 0 aliphatic carbocycles. The number of rotatable bonds is 10. The summed E-state index contributed by atoms with van der Waals surface area (Å²) in [6, 6.07) is 17.7. The van der Waals surface area contributed by atoms with Crippen LogP contribution in [0.5, 0.6) is 0 Å². The lowest BCUT2D eigenvalue weighted by molar-refractivity contribution is -0.123. The Morgan fingerprint density at radius 2 is 1.54 bits per heavy atom. The molecule has 0 unspecified atom stereocenters. The minimum Gasteiger partial charge on any atom is -0.445 e. The maximum Gasteiger partial charge on any atom is 0.408 e. The number of alkyl halides is 1. The lowest BCUT2D eigenvalue weighted by Gasteiger charge is -2.18. The van der Waals surface area contributed by atoms with E-state index in [0.29, 0.717) is 6.54 Å². The summed E-state index contributed by atoms with van der Waals surface area (Å²) < 4.78 is 5.16. The summed E-state index contributed by atoms with van der Waals surface area (Å²) in [5.74, 6) is -0.707. The van der Waals surface area contributed by atoms with Gasteiger partial charge in [-0.3, -0.25) is 9.59 Å². The van der Waals surface area contributed by atoms with E-state index in [1.165, 1.54) is 0 Å². The third-order valence-corrected chi connectivity index (χ3v) is 4.29. The third kappa shape index (κ3) is 7.80. The highest BCUT2D eigenvalue weighted by atomic mass is 35.5. The first-order valence-corrected chi connectivity index (χ1v) is 9.48. The number of ketones is 1. The van der Waals surface area contributed by atoms with Crippen molar-refractivity contribution in [1.29, 1.82) is 0 Å². The van der Waals surface area contributed by atoms with E-state index >= 15 is 0 Å². The van der Waals surface area contributed by atoms with Gasteiger partial charge >= 0.3 is 6.09 Å². The molecular weight excluding hydrogens is 380 g/mol. The maximum atomic E-state index is 12.5. The van der Waals surface area contributed by atoms with Crippen molar-refractivity contribution in [3.8, 4) is 0 Å². The molecule has 0 radical (unpaired) electrons. The Labute approximate surface area is 169 Å². The van der Waals surface area contributed by atoms with Gasteiger partial charge in [0.25, 0.3) is 0 Å². The first-order valence-electron chi connectivity index (χ1n) is 8.95. The number of benzene rings is 2. The Bertz CT molecular complexity index is 768. The molecule has 2 aromatic rings. The van der Waals surface area contributed by atoms with Crippen molar-refractivity contribution in [3.05, 3.63) is 71.8 Å². The molecule has 0 aromatic heterocycles. The van der Waals surface area contributed by atoms with Gasteiger partial charge in [0.2, 0.25) is 5.91 Å². The molecule has 0 heterocycles. The van der Waals surface area contributed by atoms with Crippen LogP contribution in [-0.2, 0) is 27.5 Å². The Morgan fingerprint density at radius 1 is 0.929 bits per heavy atom. The minimum absolute atomic E-state index is 0.0889. The molecule has 0 fully saturated rings. The fraction of sp³-hybridized carbons (Fsp3) is 0.286. The smallest absolute Gasteiger partial charge is 0.408 e. The van der Waals surface area contributed by atoms with Crippen LogP contribution in [0.2, 0.25) is 0 Å². The van der Waals surface area contributed by atoms with Crippen molar-refractivity contribution in [3.63, 3.8) is 0 Å². The molecule has 0 aliphatic heterocycles. The van der Waals surface area contributed by atoms with E-state index in [9.17, 15) is 14.4 Å². The molecule has 0 saturated heterocycles. The summed E-state index contributed by atoms with van der Waals surface area (Å²) in [6.45, 7) is 0.409. The minimum atomic E-state index is -0.890. The molecule has 1 atom stereocenters. The van der Waals surface area contributed by atoms with Gasteiger partial charge in [0.05, 0.1) is 5.88 Å². The summed E-state index contributed by atoms with van der Waals surface area (Å²) >= 11 is 5.52. The number of hydrogen-bond donors (Lipinski definition) is 2. The van der Waals surface area contributed by atoms with Crippen LogP contribution >= 0.6 is 11.6 Å². The van der Waals surface area contributed by atoms with Crippen molar-refractivity contribution in [1.82, 2.24) is 10.6 Å². The third-order valence-electron chi connectivity index (χ3n) is 3.99. The van der Waals surface area contributed by atoms with Crippen LogP contribution in [-0.4, -0.2) is 29.7 Å². The molecule has 2 rings (SSSR count). The van der Waals surface area contributed by atoms with Gasteiger partial charge in [-0.15, -0.1) is 11.6 Å². The fourth-order valence-corrected chi connectivity index (χ4v) is 2.59. The fourth-order valence-electron chi connectivity index (χ4n) is 2.46. The van der Waals surface area contributed by atoms with Crippen LogP contribution < -0.4 is 10.6 Å². The summed E-state index contributed by atoms with van der Waals surface area (Å²) in [4.78, 5) is 36.1. The highest BCUT2D eigenvalue weighted by molar-refractivity contribution is 6.27. The molecule has 148 valence electrons. The number of carbonyl (C=O) groups excluding carboxylic acids is 3. The number of ether oxygens (including phenoxy) is 1. The number of nitrogens with one attached hydrogen (secondary N) is 2. The zero-order chi connectivity index (χ0) is 20.2. The van der Waals surface area contributed by atoms with Crippen LogP contribution in [0.15, 0.2) is 60.7 Å². The van der Waals surface area contributed by atoms with Gasteiger partial charge in [-0.25, -0.2) is 4.79 Å². The Morgan fingerprint density at radius 3 is 2.14 bits per heavy atom. The summed E-state index contributed by atoms with van der Waals surface area (Å²) in [5, 5.41) is 5.30. The number of carbonyl (C=O) groups is 3. The van der Waals surface area contributed by atoms with Crippen molar-refractivity contribution < 1.29 is 19.1 Å². The zero-order valence-electron chi connectivity index (χ0n) is 15.4. The van der Waals surface area contributed by atoms with Crippen molar-refractivity contribution in [2.24, 2.45) is 0 Å². The molecule has 7 heteroatoms. The zero-order valence-corrected chi connectivity index (χ0v) is 16.2. The predicted molar refractivity (Wildman–Crippen MR) is 107 cm³/mol. The van der Waals surface area contributed by atoms with Crippen LogP contribution in [0.4, 0.5) is 4.79 Å². The average molecular weight is 403 g/mol. The molecule has 2 amide bonds. The van der Waals surface area contributed by atoms with Gasteiger partial charge in [0, 0.05) is 13.0 Å². The molecule has 2 N–H and O–H groups in total. The van der Waals surface area contributed by atoms with E-state index in [1.807, 2.05) is 60.7 Å². The van der Waals surface area contributed by atoms with E-state index in [2.05, 4.69) is 10.6 Å². The molecule has 6 nitrogen and oxygen atoms in total. The second-order valence-electron chi connectivity index (χ2n) is 6.17. The van der Waals surface area contributed by atoms with Crippen molar-refractivity contribution in [2.75, 3.05) is 5.88 Å². The maximum absolute atomic E-state index is 12.5. The van der Waals surface area contributed by atoms with Crippen LogP contribution in [0.25, 0.3) is 0 Å². The average Bonchev–Trinajstić information content (AvgIpc) is 2.74. The summed E-state index contributed by atoms with van der Waals surface area (Å²) in [6.07, 6.45) is -0.486. The molecule has 28 heavy (non-hydrogen) atoms. The number of alkyl carbamates (subject to hydrolysis) is 1. The van der Waals surface area contributed by atoms with E-state index < -0.39 is 12.1 Å². The first kappa shape index (κ1) is 21.4. The summed E-state index contributed by atoms with van der Waals surface area (Å²) in [5.41, 5.74) is 1.76. The second kappa shape index (κ2) is 11.8. The standard InChI is InChI=1S/C21H23ClN2O4/c22-13-18(25)11-12-19(20(26)23-14-16-7-3-1-4-8-16)24-21(27)28-15-17-9-5-2-6-10-17/h1-10,19H,11-15H2,(H,23,26)(H,24,27)/t19-/m0/s1. The van der Waals surface area contributed by atoms with Crippen LogP contribution in [0, 0.1) is 0 Å². The SMILES string of the molecule is O=C(CCl)CC[C@H](NC(=O)OCc1ccccc1)C(=O)NCc1ccccc1. The monoisotopic (exact) mass is 402 g/mol. The van der Waals surface area contributed by atoms with Crippen LogP contribution in [0.3, 0.4) is 0 Å². The molecule has 0 aliphatic rings. The molecule has 2 aromatic carbocycles. The van der Waals surface area contributed by atoms with E-state index in [4.69, 9.17) is 16.3 Å². The van der Waals surface area contributed by atoms with Gasteiger partial charge in [0.1, 0.15) is 18.4 Å². The van der Waals surface area contributed by atoms with Gasteiger partial charge in [-0.05, 0) is 17.5 Å². The van der Waals surface area contributed by atoms with Gasteiger partial charge < -0.3 is 15.4 Å². The largest absolute Gasteiger partial charge is 0.445 e. The normalized spacial score (nSPS) is 11.3. The highest BCUT2D eigenvalue weighted by Gasteiger charge is 2.22. The molecule has 0 spiro atoms. The topological polar surface area (TPSA) is 84.5 Å². The Hall–Kier alpha value is -2.86. The lowest BCUT2D eigenvalue weighted by Crippen LogP contribution is -2.47. The Balaban J connectivity index is 1.90. The predicted octanol–water partition coefficient (Wildman–Crippen LogP) is 3.19. The first-order chi connectivity index (χ1) is 13.6. The van der Waals surface area contributed by atoms with Gasteiger partial charge in [-0.1, -0.05) is 60.7 Å². The molecular formula is C21H23ClN2O4. The van der Waals surface area contributed by atoms with Crippen molar-refractivity contribution in [2.45, 2.75) is 32.0 Å². The lowest BCUT2D eigenvalue weighted by atomic mass is 10.1. The highest BCUT2D eigenvalue weighted by Crippen LogP contribution is 2.05. The number of halogens is 1. The van der Waals surface area contributed by atoms with Gasteiger partial charge in [-0.2, -0.15) is 0 Å². The number of Topliss-reactive ketones (excluding diaryl/α,β-unsaturated/α-hetero) is 1. The van der Waals surface area contributed by atoms with Gasteiger partial charge in [0.15, 0.2) is 0 Å². The van der Waals surface area contributed by atoms with E-state index in [1.54, 1.807) is 0 Å².